The Kier molecular flexibility index (Phi) is 6.33. The third-order valence-corrected chi connectivity index (χ3v) is 4.75. The fraction of sp³-hybridized carbons (Fsp3) is 0.474. The van der Waals surface area contributed by atoms with E-state index in [1.807, 2.05) is 28.8 Å². The van der Waals surface area contributed by atoms with Crippen LogP contribution >= 0.6 is 11.3 Å². The van der Waals surface area contributed by atoms with Crippen LogP contribution in [0.1, 0.15) is 37.6 Å². The number of aromatic nitrogens is 5. The van der Waals surface area contributed by atoms with Gasteiger partial charge in [-0.25, -0.2) is 15.0 Å². The lowest BCUT2D eigenvalue weighted by Gasteiger charge is -2.21. The lowest BCUT2D eigenvalue weighted by molar-refractivity contribution is 0.483. The molecule has 0 amide bonds. The number of thiazole rings is 1. The zero-order valence-corrected chi connectivity index (χ0v) is 16.5. The molecule has 3 rings (SSSR count). The molecule has 7 heteroatoms. The zero-order valence-electron chi connectivity index (χ0n) is 15.7. The molecular formula is C19H26N6S. The SMILES string of the molecule is CCc1cnc(N(CCc2cscn2)Cc2cnn(CC(C)C)c2)nc1. The van der Waals surface area contributed by atoms with Gasteiger partial charge in [0, 0.05) is 55.6 Å². The molecule has 0 fully saturated rings. The van der Waals surface area contributed by atoms with Crippen molar-refractivity contribution in [3.05, 3.63) is 52.5 Å². The first-order valence-corrected chi connectivity index (χ1v) is 10.0. The molecule has 26 heavy (non-hydrogen) atoms. The van der Waals surface area contributed by atoms with Crippen molar-refractivity contribution in [2.45, 2.75) is 46.7 Å². The molecule has 138 valence electrons. The molecule has 0 saturated heterocycles. The molecule has 0 bridgehead atoms. The third-order valence-electron chi connectivity index (χ3n) is 4.12. The molecule has 6 nitrogen and oxygen atoms in total. The van der Waals surface area contributed by atoms with Gasteiger partial charge >= 0.3 is 0 Å². The highest BCUT2D eigenvalue weighted by Crippen LogP contribution is 2.14. The summed E-state index contributed by atoms with van der Waals surface area (Å²) >= 11 is 1.63. The molecule has 0 spiro atoms. The molecular weight excluding hydrogens is 344 g/mol. The van der Waals surface area contributed by atoms with E-state index in [2.05, 4.69) is 57.3 Å². The Balaban J connectivity index is 1.73. The highest BCUT2D eigenvalue weighted by Gasteiger charge is 2.13. The van der Waals surface area contributed by atoms with Gasteiger partial charge in [-0.3, -0.25) is 4.68 Å². The first-order valence-electron chi connectivity index (χ1n) is 9.08. The first-order chi connectivity index (χ1) is 12.6. The molecule has 0 atom stereocenters. The van der Waals surface area contributed by atoms with Crippen LogP contribution in [-0.2, 0) is 25.9 Å². The third kappa shape index (κ3) is 5.11. The van der Waals surface area contributed by atoms with E-state index in [1.165, 1.54) is 5.56 Å². The Bertz CT molecular complexity index is 779. The van der Waals surface area contributed by atoms with Crippen molar-refractivity contribution in [3.63, 3.8) is 0 Å². The number of rotatable bonds is 9. The van der Waals surface area contributed by atoms with Crippen LogP contribution in [0.2, 0.25) is 0 Å². The van der Waals surface area contributed by atoms with Gasteiger partial charge in [0.2, 0.25) is 5.95 Å². The number of hydrogen-bond acceptors (Lipinski definition) is 6. The summed E-state index contributed by atoms with van der Waals surface area (Å²) in [6, 6.07) is 0. The predicted octanol–water partition coefficient (Wildman–Crippen LogP) is 3.60. The van der Waals surface area contributed by atoms with Crippen LogP contribution in [0, 0.1) is 5.92 Å². The summed E-state index contributed by atoms with van der Waals surface area (Å²) in [5.74, 6) is 1.34. The van der Waals surface area contributed by atoms with Crippen molar-refractivity contribution in [1.82, 2.24) is 24.7 Å². The Morgan fingerprint density at radius 2 is 1.92 bits per heavy atom. The van der Waals surface area contributed by atoms with E-state index in [4.69, 9.17) is 0 Å². The Labute approximate surface area is 158 Å². The van der Waals surface area contributed by atoms with Gasteiger partial charge in [-0.05, 0) is 17.9 Å². The summed E-state index contributed by atoms with van der Waals surface area (Å²) < 4.78 is 2.01. The highest BCUT2D eigenvalue weighted by molar-refractivity contribution is 7.07. The quantitative estimate of drug-likeness (QED) is 0.576. The summed E-state index contributed by atoms with van der Waals surface area (Å²) in [6.45, 7) is 9.01. The van der Waals surface area contributed by atoms with Crippen molar-refractivity contribution in [2.75, 3.05) is 11.4 Å². The molecule has 0 saturated carbocycles. The summed E-state index contributed by atoms with van der Waals surface area (Å²) in [5, 5.41) is 6.58. The molecule has 3 heterocycles. The average molecular weight is 371 g/mol. The Morgan fingerprint density at radius 3 is 2.58 bits per heavy atom. The first kappa shape index (κ1) is 18.5. The van der Waals surface area contributed by atoms with Crippen LogP contribution in [0.25, 0.3) is 0 Å². The largest absolute Gasteiger partial charge is 0.336 e. The van der Waals surface area contributed by atoms with Crippen LogP contribution in [0.15, 0.2) is 35.7 Å². The van der Waals surface area contributed by atoms with Crippen LogP contribution in [0.5, 0.6) is 0 Å². The Hall–Kier alpha value is -2.28. The van der Waals surface area contributed by atoms with Crippen LogP contribution in [0.4, 0.5) is 5.95 Å². The molecule has 3 aromatic heterocycles. The summed E-state index contributed by atoms with van der Waals surface area (Å²) in [7, 11) is 0. The van der Waals surface area contributed by atoms with Crippen molar-refractivity contribution >= 4 is 17.3 Å². The maximum Gasteiger partial charge on any atom is 0.225 e. The minimum Gasteiger partial charge on any atom is -0.336 e. The second kappa shape index (κ2) is 8.89. The van der Waals surface area contributed by atoms with E-state index < -0.39 is 0 Å². The normalized spacial score (nSPS) is 11.2. The molecule has 0 aliphatic rings. The van der Waals surface area contributed by atoms with Gasteiger partial charge in [0.05, 0.1) is 17.4 Å². The highest BCUT2D eigenvalue weighted by atomic mass is 32.1. The minimum atomic E-state index is 0.577. The van der Waals surface area contributed by atoms with Gasteiger partial charge in [-0.15, -0.1) is 11.3 Å². The van der Waals surface area contributed by atoms with Crippen molar-refractivity contribution in [2.24, 2.45) is 5.92 Å². The lowest BCUT2D eigenvalue weighted by Crippen LogP contribution is -2.27. The maximum absolute atomic E-state index is 4.57. The van der Waals surface area contributed by atoms with Crippen molar-refractivity contribution in [3.8, 4) is 0 Å². The predicted molar refractivity (Wildman–Crippen MR) is 105 cm³/mol. The van der Waals surface area contributed by atoms with Gasteiger partial charge in [0.25, 0.3) is 0 Å². The second-order valence-corrected chi connectivity index (χ2v) is 7.58. The molecule has 0 radical (unpaired) electrons. The fourth-order valence-electron chi connectivity index (χ4n) is 2.74. The summed E-state index contributed by atoms with van der Waals surface area (Å²) in [6.07, 6.45) is 9.72. The average Bonchev–Trinajstić information content (AvgIpc) is 3.30. The maximum atomic E-state index is 4.57. The zero-order chi connectivity index (χ0) is 18.4. The topological polar surface area (TPSA) is 59.7 Å². The minimum absolute atomic E-state index is 0.577. The molecule has 0 N–H and O–H groups in total. The van der Waals surface area contributed by atoms with Gasteiger partial charge in [0.1, 0.15) is 0 Å². The van der Waals surface area contributed by atoms with Gasteiger partial charge < -0.3 is 4.90 Å². The van der Waals surface area contributed by atoms with E-state index in [0.717, 1.165) is 49.7 Å². The summed E-state index contributed by atoms with van der Waals surface area (Å²) in [5.41, 5.74) is 5.31. The van der Waals surface area contributed by atoms with Crippen LogP contribution in [-0.4, -0.2) is 31.3 Å². The number of nitrogens with zero attached hydrogens (tertiary/aromatic N) is 6. The molecule has 0 unspecified atom stereocenters. The van der Waals surface area contributed by atoms with E-state index in [1.54, 1.807) is 11.3 Å². The smallest absolute Gasteiger partial charge is 0.225 e. The molecule has 0 aliphatic carbocycles. The van der Waals surface area contributed by atoms with E-state index in [-0.39, 0.29) is 0 Å². The Morgan fingerprint density at radius 1 is 1.12 bits per heavy atom. The van der Waals surface area contributed by atoms with Gasteiger partial charge in [0.15, 0.2) is 0 Å². The number of hydrogen-bond donors (Lipinski definition) is 0. The second-order valence-electron chi connectivity index (χ2n) is 6.86. The van der Waals surface area contributed by atoms with E-state index >= 15 is 0 Å². The monoisotopic (exact) mass is 370 g/mol. The fourth-order valence-corrected chi connectivity index (χ4v) is 3.33. The lowest BCUT2D eigenvalue weighted by atomic mass is 10.2. The van der Waals surface area contributed by atoms with Crippen LogP contribution in [0.3, 0.4) is 0 Å². The number of anilines is 1. The molecule has 0 aliphatic heterocycles. The number of aryl methyl sites for hydroxylation is 1. The summed E-state index contributed by atoms with van der Waals surface area (Å²) in [4.78, 5) is 15.7. The molecule has 0 aromatic carbocycles. The van der Waals surface area contributed by atoms with E-state index in [0.29, 0.717) is 5.92 Å². The van der Waals surface area contributed by atoms with Gasteiger partial charge in [-0.2, -0.15) is 5.10 Å². The van der Waals surface area contributed by atoms with Crippen molar-refractivity contribution < 1.29 is 0 Å². The van der Waals surface area contributed by atoms with Gasteiger partial charge in [-0.1, -0.05) is 20.8 Å². The van der Waals surface area contributed by atoms with Crippen LogP contribution < -0.4 is 4.90 Å². The molecule has 3 aromatic rings. The van der Waals surface area contributed by atoms with E-state index in [9.17, 15) is 0 Å². The standard InChI is InChI=1S/C19H26N6S/c1-4-16-7-20-19(21-8-16)24(6-5-18-13-26-14-22-18)11-17-9-23-25(12-17)10-15(2)3/h7-9,12-15H,4-6,10-11H2,1-3H3. The van der Waals surface area contributed by atoms with Crippen molar-refractivity contribution in [1.29, 1.82) is 0 Å².